The van der Waals surface area contributed by atoms with Crippen LogP contribution < -0.4 is 5.32 Å². The quantitative estimate of drug-likeness (QED) is 0.251. The molecule has 37 heavy (non-hydrogen) atoms. The number of carboxylic acid groups (broad SMARTS) is 1. The third kappa shape index (κ3) is 4.59. The van der Waals surface area contributed by atoms with Crippen molar-refractivity contribution < 1.29 is 24.6 Å². The molecule has 1 heterocycles. The van der Waals surface area contributed by atoms with E-state index < -0.39 is 17.8 Å². The summed E-state index contributed by atoms with van der Waals surface area (Å²) < 4.78 is 0. The standard InChI is InChI=1S/C28H20Cl2N2O5/c29-21-12-16(13-22(30)25(21)33)10-11-31-23-9-8-20-24-18(23)2-1-3-19(24)26(34)32(27(20)35)14-15-4-6-17(7-5-15)28(36)37/h1-9,12-13,31,33H,10-11,14H2,(H,36,37). The number of imide groups is 1. The predicted octanol–water partition coefficient (Wildman–Crippen LogP) is 6.00. The van der Waals surface area contributed by atoms with Gasteiger partial charge in [0, 0.05) is 34.1 Å². The lowest BCUT2D eigenvalue weighted by Crippen LogP contribution is -2.39. The number of aromatic carboxylic acids is 1. The van der Waals surface area contributed by atoms with Gasteiger partial charge in [-0.2, -0.15) is 0 Å². The van der Waals surface area contributed by atoms with Crippen molar-refractivity contribution in [3.8, 4) is 5.75 Å². The summed E-state index contributed by atoms with van der Waals surface area (Å²) in [6, 6.07) is 18.3. The van der Waals surface area contributed by atoms with Crippen LogP contribution in [0.15, 0.2) is 66.7 Å². The first-order valence-corrected chi connectivity index (χ1v) is 12.1. The van der Waals surface area contributed by atoms with Crippen LogP contribution in [0.3, 0.4) is 0 Å². The van der Waals surface area contributed by atoms with E-state index in [1.54, 1.807) is 42.5 Å². The van der Waals surface area contributed by atoms with Gasteiger partial charge in [0.15, 0.2) is 5.75 Å². The number of carboxylic acids is 1. The second-order valence-corrected chi connectivity index (χ2v) is 9.49. The minimum Gasteiger partial charge on any atom is -0.505 e. The van der Waals surface area contributed by atoms with Gasteiger partial charge < -0.3 is 15.5 Å². The van der Waals surface area contributed by atoms with Crippen molar-refractivity contribution in [2.45, 2.75) is 13.0 Å². The summed E-state index contributed by atoms with van der Waals surface area (Å²) in [6.45, 7) is 0.557. The van der Waals surface area contributed by atoms with Crippen LogP contribution in [0, 0.1) is 0 Å². The van der Waals surface area contributed by atoms with Gasteiger partial charge in [-0.25, -0.2) is 4.79 Å². The maximum absolute atomic E-state index is 13.3. The molecule has 0 fully saturated rings. The highest BCUT2D eigenvalue weighted by Gasteiger charge is 2.33. The van der Waals surface area contributed by atoms with Gasteiger partial charge in [-0.05, 0) is 60.0 Å². The Bertz CT molecular complexity index is 1540. The van der Waals surface area contributed by atoms with Crippen LogP contribution in [0.1, 0.15) is 42.2 Å². The molecule has 0 saturated heterocycles. The molecule has 1 aliphatic heterocycles. The molecule has 0 saturated carbocycles. The van der Waals surface area contributed by atoms with Crippen molar-refractivity contribution in [1.82, 2.24) is 4.90 Å². The average molecular weight is 535 g/mol. The number of phenolic OH excluding ortho intramolecular Hbond substituents is 1. The van der Waals surface area contributed by atoms with Crippen LogP contribution in [0.25, 0.3) is 10.8 Å². The molecule has 4 aromatic carbocycles. The number of amides is 2. The fraction of sp³-hybridized carbons (Fsp3) is 0.107. The first-order valence-electron chi connectivity index (χ1n) is 11.4. The normalized spacial score (nSPS) is 12.8. The van der Waals surface area contributed by atoms with E-state index in [0.717, 1.165) is 16.6 Å². The SMILES string of the molecule is O=C(O)c1ccc(CN2C(=O)c3cccc4c(NCCc5cc(Cl)c(O)c(Cl)c5)ccc(c34)C2=O)cc1. The van der Waals surface area contributed by atoms with Gasteiger partial charge in [-0.15, -0.1) is 0 Å². The lowest BCUT2D eigenvalue weighted by atomic mass is 9.92. The lowest BCUT2D eigenvalue weighted by molar-refractivity contribution is 0.0596. The molecule has 0 unspecified atom stereocenters. The topological polar surface area (TPSA) is 107 Å². The zero-order valence-electron chi connectivity index (χ0n) is 19.3. The summed E-state index contributed by atoms with van der Waals surface area (Å²) in [6.07, 6.45) is 0.578. The van der Waals surface area contributed by atoms with Crippen LogP contribution in [0.2, 0.25) is 10.0 Å². The zero-order valence-corrected chi connectivity index (χ0v) is 20.8. The molecule has 7 nitrogen and oxygen atoms in total. The molecule has 0 atom stereocenters. The minimum absolute atomic E-state index is 0.0329. The molecular weight excluding hydrogens is 515 g/mol. The number of rotatable bonds is 7. The molecule has 0 aromatic heterocycles. The number of anilines is 1. The third-order valence-corrected chi connectivity index (χ3v) is 6.92. The first kappa shape index (κ1) is 24.6. The van der Waals surface area contributed by atoms with Crippen molar-refractivity contribution in [1.29, 1.82) is 0 Å². The second kappa shape index (κ2) is 9.76. The summed E-state index contributed by atoms with van der Waals surface area (Å²) in [5.41, 5.74) is 3.25. The average Bonchev–Trinajstić information content (AvgIpc) is 2.89. The maximum Gasteiger partial charge on any atom is 0.335 e. The monoisotopic (exact) mass is 534 g/mol. The maximum atomic E-state index is 13.3. The Morgan fingerprint density at radius 3 is 2.16 bits per heavy atom. The molecule has 186 valence electrons. The van der Waals surface area contributed by atoms with Crippen molar-refractivity contribution in [2.75, 3.05) is 11.9 Å². The van der Waals surface area contributed by atoms with Crippen LogP contribution in [-0.2, 0) is 13.0 Å². The smallest absolute Gasteiger partial charge is 0.335 e. The van der Waals surface area contributed by atoms with E-state index >= 15 is 0 Å². The molecule has 0 spiro atoms. The molecule has 2 amide bonds. The largest absolute Gasteiger partial charge is 0.505 e. The van der Waals surface area contributed by atoms with Gasteiger partial charge in [0.1, 0.15) is 0 Å². The van der Waals surface area contributed by atoms with E-state index in [9.17, 15) is 19.5 Å². The Labute approximate surface area is 221 Å². The highest BCUT2D eigenvalue weighted by molar-refractivity contribution is 6.37. The molecule has 0 aliphatic carbocycles. The fourth-order valence-corrected chi connectivity index (χ4v) is 5.02. The van der Waals surface area contributed by atoms with Gasteiger partial charge in [-0.3, -0.25) is 14.5 Å². The summed E-state index contributed by atoms with van der Waals surface area (Å²) >= 11 is 12.0. The number of carbonyl (C=O) groups excluding carboxylic acids is 2. The number of carbonyl (C=O) groups is 3. The molecule has 9 heteroatoms. The molecule has 0 bridgehead atoms. The Hall–Kier alpha value is -4.07. The molecule has 4 aromatic rings. The number of halogens is 2. The molecule has 1 aliphatic rings. The zero-order chi connectivity index (χ0) is 26.3. The third-order valence-electron chi connectivity index (χ3n) is 6.34. The van der Waals surface area contributed by atoms with Crippen LogP contribution in [-0.4, -0.2) is 39.4 Å². The van der Waals surface area contributed by atoms with E-state index in [2.05, 4.69) is 5.32 Å². The minimum atomic E-state index is -1.04. The first-order chi connectivity index (χ1) is 17.7. The number of hydrogen-bond acceptors (Lipinski definition) is 5. The van der Waals surface area contributed by atoms with Crippen LogP contribution in [0.4, 0.5) is 5.69 Å². The number of phenols is 1. The molecular formula is C28H20Cl2N2O5. The van der Waals surface area contributed by atoms with Gasteiger partial charge in [0.05, 0.1) is 22.2 Å². The van der Waals surface area contributed by atoms with Gasteiger partial charge >= 0.3 is 5.97 Å². The molecule has 5 rings (SSSR count). The summed E-state index contributed by atoms with van der Waals surface area (Å²) in [5.74, 6) is -2.01. The van der Waals surface area contributed by atoms with Gasteiger partial charge in [0.2, 0.25) is 0 Å². The number of aromatic hydroxyl groups is 1. The van der Waals surface area contributed by atoms with E-state index in [4.69, 9.17) is 28.3 Å². The predicted molar refractivity (Wildman–Crippen MR) is 142 cm³/mol. The Morgan fingerprint density at radius 2 is 1.51 bits per heavy atom. The van der Waals surface area contributed by atoms with Crippen molar-refractivity contribution in [3.05, 3.63) is 105 Å². The summed E-state index contributed by atoms with van der Waals surface area (Å²) in [7, 11) is 0. The van der Waals surface area contributed by atoms with Crippen LogP contribution >= 0.6 is 23.2 Å². The summed E-state index contributed by atoms with van der Waals surface area (Å²) in [5, 5.41) is 23.9. The highest BCUT2D eigenvalue weighted by atomic mass is 35.5. The lowest BCUT2D eigenvalue weighted by Gasteiger charge is -2.28. The number of nitrogens with one attached hydrogen (secondary N) is 1. The van der Waals surface area contributed by atoms with Crippen molar-refractivity contribution in [2.24, 2.45) is 0 Å². The van der Waals surface area contributed by atoms with Gasteiger partial charge in [-0.1, -0.05) is 47.5 Å². The Kier molecular flexibility index (Phi) is 6.50. The highest BCUT2D eigenvalue weighted by Crippen LogP contribution is 2.36. The van der Waals surface area contributed by atoms with E-state index in [0.29, 0.717) is 35.0 Å². The summed E-state index contributed by atoms with van der Waals surface area (Å²) in [4.78, 5) is 39.0. The fourth-order valence-electron chi connectivity index (χ4n) is 4.48. The Balaban J connectivity index is 1.39. The van der Waals surface area contributed by atoms with E-state index in [1.165, 1.54) is 17.0 Å². The number of benzene rings is 4. The Morgan fingerprint density at radius 1 is 0.865 bits per heavy atom. The number of hydrogen-bond donors (Lipinski definition) is 3. The molecule has 3 N–H and O–H groups in total. The van der Waals surface area contributed by atoms with E-state index in [1.807, 2.05) is 12.1 Å². The number of nitrogens with zero attached hydrogens (tertiary/aromatic N) is 1. The van der Waals surface area contributed by atoms with Crippen molar-refractivity contribution in [3.63, 3.8) is 0 Å². The van der Waals surface area contributed by atoms with Gasteiger partial charge in [0.25, 0.3) is 11.8 Å². The second-order valence-electron chi connectivity index (χ2n) is 8.67. The van der Waals surface area contributed by atoms with E-state index in [-0.39, 0.29) is 27.9 Å². The molecule has 0 radical (unpaired) electrons. The van der Waals surface area contributed by atoms with Crippen molar-refractivity contribution >= 4 is 57.4 Å². The van der Waals surface area contributed by atoms with Crippen LogP contribution in [0.5, 0.6) is 5.75 Å².